The summed E-state index contributed by atoms with van der Waals surface area (Å²) in [6.07, 6.45) is 4.07. The average molecular weight is 394 g/mol. The van der Waals surface area contributed by atoms with E-state index in [9.17, 15) is 13.6 Å². The van der Waals surface area contributed by atoms with Gasteiger partial charge in [0.2, 0.25) is 5.91 Å². The highest BCUT2D eigenvalue weighted by molar-refractivity contribution is 6.32. The summed E-state index contributed by atoms with van der Waals surface area (Å²) >= 11 is 6.21. The molecule has 0 radical (unpaired) electrons. The van der Waals surface area contributed by atoms with Gasteiger partial charge in [-0.25, -0.2) is 8.78 Å². The summed E-state index contributed by atoms with van der Waals surface area (Å²) in [5, 5.41) is 3.08. The molecule has 0 saturated heterocycles. The van der Waals surface area contributed by atoms with Crippen LogP contribution in [0.5, 0.6) is 5.75 Å². The SMILES string of the molecule is COc1ccc(C2CCC(CC(=O)Nc3cccc(F)c3F)CC2)cc1Cl. The van der Waals surface area contributed by atoms with E-state index in [1.807, 2.05) is 18.2 Å². The minimum absolute atomic E-state index is 0.110. The van der Waals surface area contributed by atoms with E-state index in [0.717, 1.165) is 31.7 Å². The third-order valence-electron chi connectivity index (χ3n) is 5.19. The summed E-state index contributed by atoms with van der Waals surface area (Å²) in [5.41, 5.74) is 1.08. The minimum atomic E-state index is -1.02. The summed E-state index contributed by atoms with van der Waals surface area (Å²) in [4.78, 5) is 12.2. The molecular formula is C21H22ClF2NO2. The van der Waals surface area contributed by atoms with Gasteiger partial charge in [0.15, 0.2) is 11.6 Å². The van der Waals surface area contributed by atoms with E-state index in [1.165, 1.54) is 17.7 Å². The molecule has 2 aromatic rings. The van der Waals surface area contributed by atoms with Gasteiger partial charge in [-0.2, -0.15) is 0 Å². The number of hydrogen-bond acceptors (Lipinski definition) is 2. The zero-order valence-electron chi connectivity index (χ0n) is 15.1. The number of amides is 1. The van der Waals surface area contributed by atoms with Crippen LogP contribution in [0.15, 0.2) is 36.4 Å². The molecule has 1 amide bonds. The van der Waals surface area contributed by atoms with Crippen LogP contribution >= 0.6 is 11.6 Å². The normalized spacial score (nSPS) is 19.6. The highest BCUT2D eigenvalue weighted by atomic mass is 35.5. The van der Waals surface area contributed by atoms with E-state index in [-0.39, 0.29) is 17.5 Å². The molecule has 0 spiro atoms. The van der Waals surface area contributed by atoms with Gasteiger partial charge in [-0.3, -0.25) is 4.79 Å². The van der Waals surface area contributed by atoms with Crippen LogP contribution in [0.2, 0.25) is 5.02 Å². The summed E-state index contributed by atoms with van der Waals surface area (Å²) in [5.74, 6) is -0.955. The second-order valence-electron chi connectivity index (χ2n) is 6.97. The first-order valence-electron chi connectivity index (χ1n) is 9.05. The minimum Gasteiger partial charge on any atom is -0.495 e. The van der Waals surface area contributed by atoms with Gasteiger partial charge in [-0.1, -0.05) is 23.7 Å². The van der Waals surface area contributed by atoms with E-state index >= 15 is 0 Å². The van der Waals surface area contributed by atoms with Crippen molar-refractivity contribution in [3.05, 3.63) is 58.6 Å². The molecule has 1 N–H and O–H groups in total. The molecule has 0 atom stereocenters. The Morgan fingerprint density at radius 3 is 2.59 bits per heavy atom. The summed E-state index contributed by atoms with van der Waals surface area (Å²) in [6, 6.07) is 9.63. The Kier molecular flexibility index (Phi) is 6.32. The van der Waals surface area contributed by atoms with Crippen LogP contribution in [0.4, 0.5) is 14.5 Å². The van der Waals surface area contributed by atoms with Crippen LogP contribution in [0.1, 0.15) is 43.6 Å². The van der Waals surface area contributed by atoms with E-state index < -0.39 is 11.6 Å². The molecule has 3 nitrogen and oxygen atoms in total. The van der Waals surface area contributed by atoms with Crippen molar-refractivity contribution < 1.29 is 18.3 Å². The lowest BCUT2D eigenvalue weighted by molar-refractivity contribution is -0.117. The van der Waals surface area contributed by atoms with Crippen molar-refractivity contribution in [1.82, 2.24) is 0 Å². The van der Waals surface area contributed by atoms with Crippen molar-refractivity contribution in [2.24, 2.45) is 5.92 Å². The highest BCUT2D eigenvalue weighted by Crippen LogP contribution is 2.39. The first-order valence-corrected chi connectivity index (χ1v) is 9.43. The number of ether oxygens (including phenoxy) is 1. The van der Waals surface area contributed by atoms with E-state index in [1.54, 1.807) is 7.11 Å². The van der Waals surface area contributed by atoms with Gasteiger partial charge in [0.1, 0.15) is 5.75 Å². The quantitative estimate of drug-likeness (QED) is 0.683. The molecule has 2 aromatic carbocycles. The standard InChI is InChI=1S/C21H22ClF2NO2/c1-27-19-10-9-15(12-16(19)22)14-7-5-13(6-8-14)11-20(26)25-18-4-2-3-17(23)21(18)24/h2-4,9-10,12-14H,5-8,11H2,1H3,(H,25,26). The summed E-state index contributed by atoms with van der Waals surface area (Å²) in [7, 11) is 1.59. The monoisotopic (exact) mass is 393 g/mol. The molecule has 0 unspecified atom stereocenters. The molecule has 144 valence electrons. The number of nitrogens with one attached hydrogen (secondary N) is 1. The van der Waals surface area contributed by atoms with Gasteiger partial charge in [-0.15, -0.1) is 0 Å². The third-order valence-corrected chi connectivity index (χ3v) is 5.49. The van der Waals surface area contributed by atoms with Gasteiger partial charge in [-0.05, 0) is 67.3 Å². The maximum atomic E-state index is 13.7. The molecule has 6 heteroatoms. The molecule has 0 aromatic heterocycles. The molecule has 0 bridgehead atoms. The summed E-state index contributed by atoms with van der Waals surface area (Å²) < 4.78 is 32.1. The zero-order chi connectivity index (χ0) is 19.4. The first-order chi connectivity index (χ1) is 13.0. The smallest absolute Gasteiger partial charge is 0.224 e. The fourth-order valence-electron chi connectivity index (χ4n) is 3.70. The van der Waals surface area contributed by atoms with E-state index in [2.05, 4.69) is 5.32 Å². The number of carbonyl (C=O) groups excluding carboxylic acids is 1. The van der Waals surface area contributed by atoms with Crippen molar-refractivity contribution in [2.75, 3.05) is 12.4 Å². The molecule has 1 saturated carbocycles. The number of rotatable bonds is 5. The maximum absolute atomic E-state index is 13.7. The Hall–Kier alpha value is -2.14. The Morgan fingerprint density at radius 1 is 1.19 bits per heavy atom. The topological polar surface area (TPSA) is 38.3 Å². The fraction of sp³-hybridized carbons (Fsp3) is 0.381. The average Bonchev–Trinajstić information content (AvgIpc) is 2.66. The van der Waals surface area contributed by atoms with Crippen molar-refractivity contribution in [2.45, 2.75) is 38.0 Å². The van der Waals surface area contributed by atoms with Crippen LogP contribution in [-0.4, -0.2) is 13.0 Å². The molecular weight excluding hydrogens is 372 g/mol. The number of anilines is 1. The van der Waals surface area contributed by atoms with Crippen LogP contribution in [0.3, 0.4) is 0 Å². The number of benzene rings is 2. The van der Waals surface area contributed by atoms with Gasteiger partial charge < -0.3 is 10.1 Å². The lowest BCUT2D eigenvalue weighted by atomic mass is 9.77. The van der Waals surface area contributed by atoms with Crippen LogP contribution in [0, 0.1) is 17.6 Å². The maximum Gasteiger partial charge on any atom is 0.224 e. The number of hydrogen-bond donors (Lipinski definition) is 1. The van der Waals surface area contributed by atoms with Crippen molar-refractivity contribution >= 4 is 23.2 Å². The van der Waals surface area contributed by atoms with Gasteiger partial charge in [0.25, 0.3) is 0 Å². The van der Waals surface area contributed by atoms with Gasteiger partial charge in [0.05, 0.1) is 17.8 Å². The number of halogens is 3. The summed E-state index contributed by atoms with van der Waals surface area (Å²) in [6.45, 7) is 0. The number of methoxy groups -OCH3 is 1. The van der Waals surface area contributed by atoms with Crippen molar-refractivity contribution in [3.63, 3.8) is 0 Å². The van der Waals surface area contributed by atoms with E-state index in [0.29, 0.717) is 23.1 Å². The Morgan fingerprint density at radius 2 is 1.93 bits per heavy atom. The Balaban J connectivity index is 1.52. The largest absolute Gasteiger partial charge is 0.495 e. The zero-order valence-corrected chi connectivity index (χ0v) is 15.9. The molecule has 1 fully saturated rings. The second kappa shape index (κ2) is 8.70. The van der Waals surface area contributed by atoms with Gasteiger partial charge in [0, 0.05) is 6.42 Å². The fourth-order valence-corrected chi connectivity index (χ4v) is 3.97. The van der Waals surface area contributed by atoms with Crippen molar-refractivity contribution in [1.29, 1.82) is 0 Å². The lowest BCUT2D eigenvalue weighted by Crippen LogP contribution is -2.21. The second-order valence-corrected chi connectivity index (χ2v) is 7.37. The molecule has 27 heavy (non-hydrogen) atoms. The highest BCUT2D eigenvalue weighted by Gasteiger charge is 2.25. The lowest BCUT2D eigenvalue weighted by Gasteiger charge is -2.28. The predicted octanol–water partition coefficient (Wildman–Crippen LogP) is 5.93. The molecule has 0 aliphatic heterocycles. The molecule has 1 aliphatic carbocycles. The Bertz CT molecular complexity index is 820. The first kappa shape index (κ1) is 19.6. The Labute approximate surface area is 162 Å². The molecule has 3 rings (SSSR count). The molecule has 0 heterocycles. The number of carbonyl (C=O) groups is 1. The van der Waals surface area contributed by atoms with E-state index in [4.69, 9.17) is 16.3 Å². The van der Waals surface area contributed by atoms with Crippen LogP contribution in [-0.2, 0) is 4.79 Å². The van der Waals surface area contributed by atoms with Crippen LogP contribution in [0.25, 0.3) is 0 Å². The van der Waals surface area contributed by atoms with Crippen molar-refractivity contribution in [3.8, 4) is 5.75 Å². The van der Waals surface area contributed by atoms with Gasteiger partial charge >= 0.3 is 0 Å². The molecule has 1 aliphatic rings. The third kappa shape index (κ3) is 4.78. The predicted molar refractivity (Wildman–Crippen MR) is 102 cm³/mol. The van der Waals surface area contributed by atoms with Crippen LogP contribution < -0.4 is 10.1 Å².